The molecule has 2 atom stereocenters. The van der Waals surface area contributed by atoms with Crippen molar-refractivity contribution >= 4 is 28.9 Å². The van der Waals surface area contributed by atoms with E-state index in [1.165, 1.54) is 12.8 Å². The molecule has 0 aromatic carbocycles. The highest BCUT2D eigenvalue weighted by Gasteiger charge is 2.20. The fraction of sp³-hybridized carbons (Fsp3) is 0.833. The summed E-state index contributed by atoms with van der Waals surface area (Å²) >= 11 is 2.33. The first-order chi connectivity index (χ1) is 4.34. The highest BCUT2D eigenvalue weighted by molar-refractivity contribution is 14.1. The van der Waals surface area contributed by atoms with Gasteiger partial charge in [-0.15, -0.1) is 0 Å². The number of alkyl halides is 1. The van der Waals surface area contributed by atoms with Crippen LogP contribution in [0.25, 0.3) is 0 Å². The van der Waals surface area contributed by atoms with Crippen LogP contribution in [0.3, 0.4) is 0 Å². The summed E-state index contributed by atoms with van der Waals surface area (Å²) < 4.78 is 0.508. The van der Waals surface area contributed by atoms with E-state index in [0.29, 0.717) is 3.92 Å². The summed E-state index contributed by atoms with van der Waals surface area (Å²) in [6, 6.07) is 0.111. The van der Waals surface area contributed by atoms with Crippen LogP contribution in [0.5, 0.6) is 0 Å². The lowest BCUT2D eigenvalue weighted by Crippen LogP contribution is -2.42. The molecular weight excluding hydrogens is 229 g/mol. The van der Waals surface area contributed by atoms with Gasteiger partial charge in [0.05, 0.1) is 6.04 Å². The SMILES string of the molecule is O=CC1NCCCC1I. The first-order valence-electron chi connectivity index (χ1n) is 3.17. The second-order valence-electron chi connectivity index (χ2n) is 2.27. The molecule has 0 bridgehead atoms. The highest BCUT2D eigenvalue weighted by Crippen LogP contribution is 2.15. The van der Waals surface area contributed by atoms with Crippen LogP contribution >= 0.6 is 22.6 Å². The normalized spacial score (nSPS) is 36.1. The number of hydrogen-bond acceptors (Lipinski definition) is 2. The monoisotopic (exact) mass is 239 g/mol. The van der Waals surface area contributed by atoms with Crippen LogP contribution in [-0.2, 0) is 4.79 Å². The quantitative estimate of drug-likeness (QED) is 0.415. The molecule has 1 saturated heterocycles. The molecular formula is C6H10INO. The maximum absolute atomic E-state index is 10.3. The summed E-state index contributed by atoms with van der Waals surface area (Å²) in [4.78, 5) is 10.3. The largest absolute Gasteiger partial charge is 0.307 e. The van der Waals surface area contributed by atoms with E-state index < -0.39 is 0 Å². The molecule has 0 aromatic heterocycles. The smallest absolute Gasteiger partial charge is 0.137 e. The molecule has 0 amide bonds. The molecule has 0 radical (unpaired) electrons. The van der Waals surface area contributed by atoms with Crippen LogP contribution in [-0.4, -0.2) is 22.8 Å². The van der Waals surface area contributed by atoms with Crippen molar-refractivity contribution < 1.29 is 4.79 Å². The van der Waals surface area contributed by atoms with E-state index in [4.69, 9.17) is 0 Å². The van der Waals surface area contributed by atoms with Gasteiger partial charge in [-0.2, -0.15) is 0 Å². The van der Waals surface area contributed by atoms with Gasteiger partial charge in [0.2, 0.25) is 0 Å². The Kier molecular flexibility index (Phi) is 2.91. The van der Waals surface area contributed by atoms with Gasteiger partial charge in [0.1, 0.15) is 6.29 Å². The summed E-state index contributed by atoms with van der Waals surface area (Å²) in [6.45, 7) is 1.00. The second kappa shape index (κ2) is 3.51. The van der Waals surface area contributed by atoms with Crippen molar-refractivity contribution in [3.63, 3.8) is 0 Å². The average Bonchev–Trinajstić information content (AvgIpc) is 1.89. The predicted molar refractivity (Wildman–Crippen MR) is 44.9 cm³/mol. The van der Waals surface area contributed by atoms with Gasteiger partial charge in [-0.05, 0) is 19.4 Å². The van der Waals surface area contributed by atoms with Crippen LogP contribution in [0, 0.1) is 0 Å². The van der Waals surface area contributed by atoms with Gasteiger partial charge in [-0.3, -0.25) is 0 Å². The Bertz CT molecular complexity index is 107. The van der Waals surface area contributed by atoms with Gasteiger partial charge in [-0.1, -0.05) is 22.6 Å². The Morgan fingerprint density at radius 2 is 2.44 bits per heavy atom. The molecule has 1 aliphatic heterocycles. The molecule has 0 aromatic rings. The molecule has 52 valence electrons. The Hall–Kier alpha value is 0.360. The van der Waals surface area contributed by atoms with E-state index in [0.717, 1.165) is 12.8 Å². The average molecular weight is 239 g/mol. The van der Waals surface area contributed by atoms with Crippen molar-refractivity contribution in [3.8, 4) is 0 Å². The van der Waals surface area contributed by atoms with Crippen molar-refractivity contribution in [2.75, 3.05) is 6.54 Å². The van der Waals surface area contributed by atoms with Crippen molar-refractivity contribution in [1.82, 2.24) is 5.32 Å². The molecule has 1 fully saturated rings. The Balaban J connectivity index is 2.38. The van der Waals surface area contributed by atoms with E-state index in [9.17, 15) is 4.79 Å². The third-order valence-corrected chi connectivity index (χ3v) is 2.97. The van der Waals surface area contributed by atoms with Gasteiger partial charge in [0, 0.05) is 3.92 Å². The summed E-state index contributed by atoms with van der Waals surface area (Å²) in [5.41, 5.74) is 0. The molecule has 3 heteroatoms. The lowest BCUT2D eigenvalue weighted by Gasteiger charge is -2.23. The fourth-order valence-corrected chi connectivity index (χ4v) is 1.87. The molecule has 1 N–H and O–H groups in total. The number of piperidine rings is 1. The standard InChI is InChI=1S/C6H10INO/c7-5-2-1-3-8-6(5)4-9/h4-6,8H,1-3H2. The molecule has 0 spiro atoms. The van der Waals surface area contributed by atoms with E-state index >= 15 is 0 Å². The molecule has 1 rings (SSSR count). The first kappa shape index (κ1) is 7.47. The van der Waals surface area contributed by atoms with Crippen molar-refractivity contribution in [2.24, 2.45) is 0 Å². The maximum Gasteiger partial charge on any atom is 0.137 e. The minimum absolute atomic E-state index is 0.111. The van der Waals surface area contributed by atoms with E-state index in [2.05, 4.69) is 27.9 Å². The zero-order valence-corrected chi connectivity index (χ0v) is 7.30. The second-order valence-corrected chi connectivity index (χ2v) is 3.87. The zero-order chi connectivity index (χ0) is 6.69. The van der Waals surface area contributed by atoms with Crippen LogP contribution in [0.4, 0.5) is 0 Å². The van der Waals surface area contributed by atoms with Gasteiger partial charge >= 0.3 is 0 Å². The zero-order valence-electron chi connectivity index (χ0n) is 5.14. The predicted octanol–water partition coefficient (Wildman–Crippen LogP) is 0.741. The van der Waals surface area contributed by atoms with E-state index in [1.807, 2.05) is 0 Å². The Labute approximate surface area is 68.5 Å². The van der Waals surface area contributed by atoms with Gasteiger partial charge in [0.15, 0.2) is 0 Å². The van der Waals surface area contributed by atoms with Crippen molar-refractivity contribution in [3.05, 3.63) is 0 Å². The first-order valence-corrected chi connectivity index (χ1v) is 4.42. The van der Waals surface area contributed by atoms with Crippen LogP contribution in [0.1, 0.15) is 12.8 Å². The summed E-state index contributed by atoms with van der Waals surface area (Å²) in [5.74, 6) is 0. The number of carbonyl (C=O) groups excluding carboxylic acids is 1. The molecule has 1 heterocycles. The van der Waals surface area contributed by atoms with Crippen LogP contribution in [0.15, 0.2) is 0 Å². The molecule has 0 saturated carbocycles. The van der Waals surface area contributed by atoms with Crippen molar-refractivity contribution in [2.45, 2.75) is 22.8 Å². The van der Waals surface area contributed by atoms with Crippen LogP contribution in [0.2, 0.25) is 0 Å². The molecule has 9 heavy (non-hydrogen) atoms. The number of nitrogens with one attached hydrogen (secondary N) is 1. The molecule has 2 unspecified atom stereocenters. The minimum atomic E-state index is 0.111. The lowest BCUT2D eigenvalue weighted by molar-refractivity contribution is -0.109. The number of rotatable bonds is 1. The molecule has 0 aliphatic carbocycles. The van der Waals surface area contributed by atoms with Crippen molar-refractivity contribution in [1.29, 1.82) is 0 Å². The number of aldehydes is 1. The highest BCUT2D eigenvalue weighted by atomic mass is 127. The van der Waals surface area contributed by atoms with Gasteiger partial charge in [0.25, 0.3) is 0 Å². The Morgan fingerprint density at radius 3 is 2.89 bits per heavy atom. The number of carbonyl (C=O) groups is 1. The maximum atomic E-state index is 10.3. The number of halogens is 1. The summed E-state index contributed by atoms with van der Waals surface area (Å²) in [7, 11) is 0. The van der Waals surface area contributed by atoms with Gasteiger partial charge in [-0.25, -0.2) is 0 Å². The third kappa shape index (κ3) is 1.89. The molecule has 1 aliphatic rings. The molecule has 2 nitrogen and oxygen atoms in total. The third-order valence-electron chi connectivity index (χ3n) is 1.57. The Morgan fingerprint density at radius 1 is 1.67 bits per heavy atom. The lowest BCUT2D eigenvalue weighted by atomic mass is 10.1. The van der Waals surface area contributed by atoms with Crippen LogP contribution < -0.4 is 5.32 Å². The van der Waals surface area contributed by atoms with E-state index in [1.54, 1.807) is 0 Å². The summed E-state index contributed by atoms with van der Waals surface area (Å²) in [6.07, 6.45) is 3.39. The fourth-order valence-electron chi connectivity index (χ4n) is 1.01. The minimum Gasteiger partial charge on any atom is -0.307 e. The van der Waals surface area contributed by atoms with Gasteiger partial charge < -0.3 is 10.1 Å². The number of hydrogen-bond donors (Lipinski definition) is 1. The topological polar surface area (TPSA) is 29.1 Å². The van der Waals surface area contributed by atoms with E-state index in [-0.39, 0.29) is 6.04 Å². The summed E-state index contributed by atoms with van der Waals surface area (Å²) in [5, 5.41) is 3.14.